The Morgan fingerprint density at radius 2 is 1.71 bits per heavy atom. The number of piperazine rings is 1. The van der Waals surface area contributed by atoms with Crippen molar-refractivity contribution >= 4 is 27.7 Å². The van der Waals surface area contributed by atoms with Crippen LogP contribution in [-0.2, 0) is 16.2 Å². The molecule has 0 aliphatic carbocycles. The van der Waals surface area contributed by atoms with Gasteiger partial charge in [-0.3, -0.25) is 4.79 Å². The van der Waals surface area contributed by atoms with Gasteiger partial charge in [0.25, 0.3) is 5.91 Å². The molecule has 2 aromatic rings. The lowest BCUT2D eigenvalue weighted by atomic mass is 10.1. The summed E-state index contributed by atoms with van der Waals surface area (Å²) < 4.78 is 71.9. The molecule has 2 aromatic carbocycles. The quantitative estimate of drug-likeness (QED) is 0.620. The van der Waals surface area contributed by atoms with Crippen LogP contribution in [0.3, 0.4) is 0 Å². The molecule has 3 rings (SSSR count). The summed E-state index contributed by atoms with van der Waals surface area (Å²) >= 11 is 1.50. The second kappa shape index (κ2) is 9.09. The van der Waals surface area contributed by atoms with Gasteiger partial charge in [0, 0.05) is 31.1 Å². The molecule has 168 valence electrons. The Kier molecular flexibility index (Phi) is 6.87. The second-order valence-corrected chi connectivity index (χ2v) is 9.54. The number of hydrogen-bond acceptors (Lipinski definition) is 5. The number of thioether (sulfide) groups is 1. The Morgan fingerprint density at radius 3 is 2.29 bits per heavy atom. The molecule has 0 radical (unpaired) electrons. The van der Waals surface area contributed by atoms with E-state index in [1.807, 2.05) is 6.26 Å². The van der Waals surface area contributed by atoms with Crippen molar-refractivity contribution in [2.24, 2.45) is 0 Å². The van der Waals surface area contributed by atoms with Crippen molar-refractivity contribution in [3.05, 3.63) is 53.6 Å². The van der Waals surface area contributed by atoms with Gasteiger partial charge in [-0.1, -0.05) is 12.1 Å². The Morgan fingerprint density at radius 1 is 1.06 bits per heavy atom. The fourth-order valence-corrected chi connectivity index (χ4v) is 5.41. The van der Waals surface area contributed by atoms with E-state index in [1.54, 1.807) is 18.2 Å². The molecule has 1 heterocycles. The number of halogens is 3. The van der Waals surface area contributed by atoms with Crippen LogP contribution in [0, 0.1) is 0 Å². The highest BCUT2D eigenvalue weighted by atomic mass is 32.2. The molecule has 0 aromatic heterocycles. The summed E-state index contributed by atoms with van der Waals surface area (Å²) in [6, 6.07) is 9.28. The Balaban J connectivity index is 1.78. The second-order valence-electron chi connectivity index (χ2n) is 6.76. The van der Waals surface area contributed by atoms with Gasteiger partial charge in [-0.15, -0.1) is 11.8 Å². The Bertz CT molecular complexity index is 1070. The van der Waals surface area contributed by atoms with E-state index < -0.39 is 26.7 Å². The first-order valence-corrected chi connectivity index (χ1v) is 11.9. The number of rotatable bonds is 5. The Labute approximate surface area is 183 Å². The molecule has 1 amide bonds. The van der Waals surface area contributed by atoms with E-state index in [2.05, 4.69) is 0 Å². The fraction of sp³-hybridized carbons (Fsp3) is 0.350. The topological polar surface area (TPSA) is 66.9 Å². The highest BCUT2D eigenvalue weighted by Gasteiger charge is 2.40. The first kappa shape index (κ1) is 23.4. The van der Waals surface area contributed by atoms with Crippen LogP contribution in [-0.4, -0.2) is 63.1 Å². The molecule has 1 fully saturated rings. The first-order chi connectivity index (χ1) is 14.6. The zero-order valence-electron chi connectivity index (χ0n) is 16.8. The lowest BCUT2D eigenvalue weighted by Crippen LogP contribution is -2.50. The predicted octanol–water partition coefficient (Wildman–Crippen LogP) is 3.58. The molecule has 1 aliphatic heterocycles. The van der Waals surface area contributed by atoms with Crippen molar-refractivity contribution in [3.8, 4) is 5.75 Å². The smallest absolute Gasteiger partial charge is 0.417 e. The molecule has 31 heavy (non-hydrogen) atoms. The highest BCUT2D eigenvalue weighted by Crippen LogP contribution is 2.35. The number of benzene rings is 2. The van der Waals surface area contributed by atoms with Crippen molar-refractivity contribution < 1.29 is 31.1 Å². The number of carbonyl (C=O) groups is 1. The fourth-order valence-electron chi connectivity index (χ4n) is 3.34. The van der Waals surface area contributed by atoms with Gasteiger partial charge in [0.1, 0.15) is 5.75 Å². The maximum atomic E-state index is 13.3. The standard InChI is InChI=1S/C20H21F3N2O4S2/c1-29-17-13-14(30-2)7-8-15(17)19(26)24-9-11-25(12-10-24)31(27,28)18-6-4-3-5-16(18)20(21,22)23/h3-8,13H,9-12H2,1-2H3. The molecule has 0 N–H and O–H groups in total. The molecule has 0 unspecified atom stereocenters. The van der Waals surface area contributed by atoms with Gasteiger partial charge in [-0.2, -0.15) is 17.5 Å². The molecule has 1 aliphatic rings. The van der Waals surface area contributed by atoms with E-state index in [0.717, 1.165) is 27.4 Å². The van der Waals surface area contributed by atoms with Gasteiger partial charge < -0.3 is 9.64 Å². The van der Waals surface area contributed by atoms with Gasteiger partial charge >= 0.3 is 6.18 Å². The number of sulfonamides is 1. The number of amides is 1. The molecular formula is C20H21F3N2O4S2. The average Bonchev–Trinajstić information content (AvgIpc) is 2.77. The SMILES string of the molecule is COc1cc(SC)ccc1C(=O)N1CCN(S(=O)(=O)c2ccccc2C(F)(F)F)CC1. The van der Waals surface area contributed by atoms with Crippen LogP contribution in [0.15, 0.2) is 52.3 Å². The minimum Gasteiger partial charge on any atom is -0.496 e. The van der Waals surface area contributed by atoms with Crippen molar-refractivity contribution in [1.82, 2.24) is 9.21 Å². The summed E-state index contributed by atoms with van der Waals surface area (Å²) in [5, 5.41) is 0. The van der Waals surface area contributed by atoms with E-state index in [0.29, 0.717) is 11.3 Å². The largest absolute Gasteiger partial charge is 0.496 e. The molecule has 0 saturated carbocycles. The van der Waals surface area contributed by atoms with Crippen LogP contribution in [0.5, 0.6) is 5.75 Å². The number of ether oxygens (including phenoxy) is 1. The van der Waals surface area contributed by atoms with Gasteiger partial charge in [0.15, 0.2) is 0 Å². The van der Waals surface area contributed by atoms with Crippen LogP contribution in [0.2, 0.25) is 0 Å². The molecular weight excluding hydrogens is 453 g/mol. The number of methoxy groups -OCH3 is 1. The zero-order valence-corrected chi connectivity index (χ0v) is 18.5. The van der Waals surface area contributed by atoms with Crippen LogP contribution in [0.25, 0.3) is 0 Å². The van der Waals surface area contributed by atoms with Gasteiger partial charge in [0.2, 0.25) is 10.0 Å². The molecule has 11 heteroatoms. The van der Waals surface area contributed by atoms with Crippen molar-refractivity contribution in [3.63, 3.8) is 0 Å². The molecule has 0 atom stereocenters. The molecule has 1 saturated heterocycles. The molecule has 0 bridgehead atoms. The zero-order chi connectivity index (χ0) is 22.8. The number of nitrogens with zero attached hydrogens (tertiary/aromatic N) is 2. The third-order valence-electron chi connectivity index (χ3n) is 4.98. The summed E-state index contributed by atoms with van der Waals surface area (Å²) in [5.41, 5.74) is -0.855. The summed E-state index contributed by atoms with van der Waals surface area (Å²) in [6.45, 7) is -0.101. The number of alkyl halides is 3. The van der Waals surface area contributed by atoms with E-state index >= 15 is 0 Å². The minimum absolute atomic E-state index is 0.0552. The third kappa shape index (κ3) is 4.83. The summed E-state index contributed by atoms with van der Waals surface area (Å²) in [6.07, 6.45) is -2.90. The third-order valence-corrected chi connectivity index (χ3v) is 7.66. The van der Waals surface area contributed by atoms with Crippen molar-refractivity contribution in [2.75, 3.05) is 39.5 Å². The molecule has 0 spiro atoms. The lowest BCUT2D eigenvalue weighted by Gasteiger charge is -2.34. The van der Waals surface area contributed by atoms with E-state index in [1.165, 1.54) is 29.8 Å². The van der Waals surface area contributed by atoms with E-state index in [9.17, 15) is 26.4 Å². The minimum atomic E-state index is -4.79. The maximum absolute atomic E-state index is 13.3. The van der Waals surface area contributed by atoms with Crippen LogP contribution in [0.4, 0.5) is 13.2 Å². The first-order valence-electron chi connectivity index (χ1n) is 9.27. The normalized spacial score (nSPS) is 15.7. The molecule has 6 nitrogen and oxygen atoms in total. The van der Waals surface area contributed by atoms with E-state index in [-0.39, 0.29) is 32.1 Å². The highest BCUT2D eigenvalue weighted by molar-refractivity contribution is 7.98. The maximum Gasteiger partial charge on any atom is 0.417 e. The van der Waals surface area contributed by atoms with Crippen LogP contribution in [0.1, 0.15) is 15.9 Å². The van der Waals surface area contributed by atoms with E-state index in [4.69, 9.17) is 4.74 Å². The summed E-state index contributed by atoms with van der Waals surface area (Å²) in [4.78, 5) is 14.5. The Hall–Kier alpha value is -2.24. The van der Waals surface area contributed by atoms with Crippen LogP contribution < -0.4 is 4.74 Å². The monoisotopic (exact) mass is 474 g/mol. The lowest BCUT2D eigenvalue weighted by molar-refractivity contribution is -0.139. The average molecular weight is 475 g/mol. The van der Waals surface area contributed by atoms with Crippen molar-refractivity contribution in [1.29, 1.82) is 0 Å². The van der Waals surface area contributed by atoms with Gasteiger partial charge in [0.05, 0.1) is 23.1 Å². The predicted molar refractivity (Wildman–Crippen MR) is 111 cm³/mol. The number of carbonyl (C=O) groups excluding carboxylic acids is 1. The summed E-state index contributed by atoms with van der Waals surface area (Å²) in [5.74, 6) is 0.0863. The van der Waals surface area contributed by atoms with Gasteiger partial charge in [-0.25, -0.2) is 8.42 Å². The van der Waals surface area contributed by atoms with Gasteiger partial charge in [-0.05, 0) is 36.6 Å². The number of hydrogen-bond donors (Lipinski definition) is 0. The van der Waals surface area contributed by atoms with Crippen LogP contribution >= 0.6 is 11.8 Å². The summed E-state index contributed by atoms with van der Waals surface area (Å²) in [7, 11) is -2.91. The van der Waals surface area contributed by atoms with Crippen molar-refractivity contribution in [2.45, 2.75) is 16.0 Å².